The van der Waals surface area contributed by atoms with Crippen LogP contribution in [-0.4, -0.2) is 4.98 Å². The molecule has 0 fully saturated rings. The Labute approximate surface area is 123 Å². The molecule has 2 nitrogen and oxygen atoms in total. The van der Waals surface area contributed by atoms with Gasteiger partial charge in [0.25, 0.3) is 0 Å². The van der Waals surface area contributed by atoms with Crippen LogP contribution in [0.25, 0.3) is 0 Å². The summed E-state index contributed by atoms with van der Waals surface area (Å²) in [7, 11) is 0. The van der Waals surface area contributed by atoms with Crippen LogP contribution < -0.4 is 5.32 Å². The van der Waals surface area contributed by atoms with Crippen molar-refractivity contribution in [2.24, 2.45) is 0 Å². The lowest BCUT2D eigenvalue weighted by Gasteiger charge is -2.12. The van der Waals surface area contributed by atoms with E-state index in [2.05, 4.69) is 42.3 Å². The van der Waals surface area contributed by atoms with Gasteiger partial charge in [-0.2, -0.15) is 0 Å². The second-order valence-electron chi connectivity index (χ2n) is 4.70. The first-order chi connectivity index (χ1) is 8.97. The highest BCUT2D eigenvalue weighted by Crippen LogP contribution is 2.27. The van der Waals surface area contributed by atoms with Gasteiger partial charge in [0.05, 0.1) is 5.69 Å². The van der Waals surface area contributed by atoms with Gasteiger partial charge >= 0.3 is 0 Å². The van der Waals surface area contributed by atoms with E-state index in [1.54, 1.807) is 6.07 Å². The number of benzene rings is 1. The molecule has 0 aliphatic carbocycles. The van der Waals surface area contributed by atoms with E-state index in [-0.39, 0.29) is 0 Å². The molecule has 1 aromatic heterocycles. The summed E-state index contributed by atoms with van der Waals surface area (Å²) in [4.78, 5) is 4.05. The van der Waals surface area contributed by atoms with Crippen molar-refractivity contribution in [1.29, 1.82) is 0 Å². The predicted octanol–water partition coefficient (Wildman–Crippen LogP) is 4.93. The number of rotatable bonds is 3. The fourth-order valence-electron chi connectivity index (χ4n) is 1.91. The normalized spacial score (nSPS) is 10.6. The molecule has 1 heterocycles. The Morgan fingerprint density at radius 3 is 2.37 bits per heavy atom. The van der Waals surface area contributed by atoms with Gasteiger partial charge in [0, 0.05) is 6.54 Å². The highest BCUT2D eigenvalue weighted by Gasteiger charge is 2.07. The Morgan fingerprint density at radius 2 is 1.74 bits per heavy atom. The average Bonchev–Trinajstić information content (AvgIpc) is 2.32. The SMILES string of the molecule is Cc1ccc(CNc2c(C)cc(Cl)nc2Cl)cc1C. The molecule has 1 N–H and O–H groups in total. The summed E-state index contributed by atoms with van der Waals surface area (Å²) in [5.41, 5.74) is 5.63. The number of hydrogen-bond donors (Lipinski definition) is 1. The van der Waals surface area contributed by atoms with E-state index in [0.717, 1.165) is 11.3 Å². The van der Waals surface area contributed by atoms with Gasteiger partial charge in [-0.05, 0) is 49.1 Å². The first-order valence-corrected chi connectivity index (χ1v) is 6.85. The molecule has 0 unspecified atom stereocenters. The Kier molecular flexibility index (Phi) is 4.33. The van der Waals surface area contributed by atoms with E-state index in [1.165, 1.54) is 16.7 Å². The van der Waals surface area contributed by atoms with Gasteiger partial charge < -0.3 is 5.32 Å². The monoisotopic (exact) mass is 294 g/mol. The molecule has 0 saturated heterocycles. The largest absolute Gasteiger partial charge is 0.378 e. The first-order valence-electron chi connectivity index (χ1n) is 6.10. The molecule has 0 aliphatic rings. The molecule has 0 saturated carbocycles. The first kappa shape index (κ1) is 14.2. The minimum atomic E-state index is 0.411. The number of pyridine rings is 1. The highest BCUT2D eigenvalue weighted by atomic mass is 35.5. The summed E-state index contributed by atoms with van der Waals surface area (Å²) in [6.07, 6.45) is 0. The maximum absolute atomic E-state index is 6.10. The Bertz CT molecular complexity index is 586. The van der Waals surface area contributed by atoms with E-state index < -0.39 is 0 Å². The molecule has 0 aliphatic heterocycles. The van der Waals surface area contributed by atoms with Gasteiger partial charge in [-0.3, -0.25) is 0 Å². The third kappa shape index (κ3) is 3.40. The maximum Gasteiger partial charge on any atom is 0.154 e. The smallest absolute Gasteiger partial charge is 0.154 e. The molecule has 1 aromatic carbocycles. The summed E-state index contributed by atoms with van der Waals surface area (Å²) >= 11 is 12.0. The molecular formula is C15H16Cl2N2. The lowest BCUT2D eigenvalue weighted by Crippen LogP contribution is -2.03. The van der Waals surface area contributed by atoms with Crippen LogP contribution in [0.15, 0.2) is 24.3 Å². The Balaban J connectivity index is 2.16. The number of nitrogens with one attached hydrogen (secondary N) is 1. The molecule has 0 bridgehead atoms. The van der Waals surface area contributed by atoms with Gasteiger partial charge in [0.1, 0.15) is 5.15 Å². The fraction of sp³-hybridized carbons (Fsp3) is 0.267. The van der Waals surface area contributed by atoms with Crippen molar-refractivity contribution < 1.29 is 0 Å². The van der Waals surface area contributed by atoms with Crippen LogP contribution in [0.2, 0.25) is 10.3 Å². The minimum Gasteiger partial charge on any atom is -0.378 e. The maximum atomic E-state index is 6.10. The lowest BCUT2D eigenvalue weighted by molar-refractivity contribution is 1.11. The number of nitrogens with zero attached hydrogens (tertiary/aromatic N) is 1. The summed E-state index contributed by atoms with van der Waals surface area (Å²) in [5, 5.41) is 4.15. The molecule has 2 aromatic rings. The van der Waals surface area contributed by atoms with Crippen LogP contribution in [0.5, 0.6) is 0 Å². The molecule has 4 heteroatoms. The zero-order valence-electron chi connectivity index (χ0n) is 11.2. The standard InChI is InChI=1S/C15H16Cl2N2/c1-9-4-5-12(6-10(9)2)8-18-14-11(3)7-13(16)19-15(14)17/h4-7,18H,8H2,1-3H3. The van der Waals surface area contributed by atoms with Crippen molar-refractivity contribution >= 4 is 28.9 Å². The molecule has 0 amide bonds. The van der Waals surface area contributed by atoms with E-state index in [9.17, 15) is 0 Å². The molecule has 100 valence electrons. The quantitative estimate of drug-likeness (QED) is 0.812. The van der Waals surface area contributed by atoms with Crippen molar-refractivity contribution in [1.82, 2.24) is 4.98 Å². The van der Waals surface area contributed by atoms with Gasteiger partial charge in [-0.15, -0.1) is 0 Å². The molecule has 0 spiro atoms. The molecule has 0 atom stereocenters. The number of aromatic nitrogens is 1. The van der Waals surface area contributed by atoms with Crippen molar-refractivity contribution in [3.63, 3.8) is 0 Å². The van der Waals surface area contributed by atoms with Crippen molar-refractivity contribution in [3.05, 3.63) is 56.8 Å². The average molecular weight is 295 g/mol. The van der Waals surface area contributed by atoms with Gasteiger partial charge in [-0.25, -0.2) is 4.98 Å². The second-order valence-corrected chi connectivity index (χ2v) is 5.45. The van der Waals surface area contributed by atoms with Gasteiger partial charge in [0.2, 0.25) is 0 Å². The Hall–Kier alpha value is -1.25. The number of anilines is 1. The number of hydrogen-bond acceptors (Lipinski definition) is 2. The topological polar surface area (TPSA) is 24.9 Å². The molecular weight excluding hydrogens is 279 g/mol. The number of halogens is 2. The zero-order valence-corrected chi connectivity index (χ0v) is 12.7. The van der Waals surface area contributed by atoms with Gasteiger partial charge in [-0.1, -0.05) is 41.4 Å². The van der Waals surface area contributed by atoms with Crippen LogP contribution in [-0.2, 0) is 6.54 Å². The number of aryl methyl sites for hydroxylation is 3. The van der Waals surface area contributed by atoms with Crippen molar-refractivity contribution in [3.8, 4) is 0 Å². The van der Waals surface area contributed by atoms with Crippen LogP contribution in [0.4, 0.5) is 5.69 Å². The third-order valence-corrected chi connectivity index (χ3v) is 3.65. The van der Waals surface area contributed by atoms with Crippen LogP contribution in [0.1, 0.15) is 22.3 Å². The van der Waals surface area contributed by atoms with E-state index in [4.69, 9.17) is 23.2 Å². The van der Waals surface area contributed by atoms with E-state index in [0.29, 0.717) is 16.9 Å². The zero-order chi connectivity index (χ0) is 14.0. The van der Waals surface area contributed by atoms with Crippen LogP contribution in [0.3, 0.4) is 0 Å². The Morgan fingerprint density at radius 1 is 1.00 bits per heavy atom. The van der Waals surface area contributed by atoms with E-state index in [1.807, 2.05) is 6.92 Å². The summed E-state index contributed by atoms with van der Waals surface area (Å²) in [6, 6.07) is 8.22. The van der Waals surface area contributed by atoms with Gasteiger partial charge in [0.15, 0.2) is 5.15 Å². The van der Waals surface area contributed by atoms with Crippen molar-refractivity contribution in [2.45, 2.75) is 27.3 Å². The fourth-order valence-corrected chi connectivity index (χ4v) is 2.51. The lowest BCUT2D eigenvalue weighted by atomic mass is 10.1. The molecule has 2 rings (SSSR count). The van der Waals surface area contributed by atoms with E-state index >= 15 is 0 Å². The summed E-state index contributed by atoms with van der Waals surface area (Å²) in [5.74, 6) is 0. The third-order valence-electron chi connectivity index (χ3n) is 3.18. The van der Waals surface area contributed by atoms with Crippen LogP contribution >= 0.6 is 23.2 Å². The molecule has 0 radical (unpaired) electrons. The van der Waals surface area contributed by atoms with Crippen LogP contribution in [0, 0.1) is 20.8 Å². The molecule has 19 heavy (non-hydrogen) atoms. The summed E-state index contributed by atoms with van der Waals surface area (Å²) < 4.78 is 0. The highest BCUT2D eigenvalue weighted by molar-refractivity contribution is 6.34. The predicted molar refractivity (Wildman–Crippen MR) is 82.2 cm³/mol. The minimum absolute atomic E-state index is 0.411. The second kappa shape index (κ2) is 5.81. The van der Waals surface area contributed by atoms with Crippen molar-refractivity contribution in [2.75, 3.05) is 5.32 Å². The summed E-state index contributed by atoms with van der Waals surface area (Å²) in [6.45, 7) is 6.89.